The maximum atomic E-state index is 14.0. The van der Waals surface area contributed by atoms with Crippen LogP contribution in [-0.4, -0.2) is 14.2 Å². The second-order valence-corrected chi connectivity index (χ2v) is 5.69. The number of rotatable bonds is 4. The molecular weight excluding hydrogens is 364 g/mol. The Balaban J connectivity index is 2.61. The number of nitrogens with one attached hydrogen (secondary N) is 1. The van der Waals surface area contributed by atoms with Crippen LogP contribution in [0.3, 0.4) is 0 Å². The quantitative estimate of drug-likeness (QED) is 0.835. The predicted octanol–water partition coefficient (Wildman–Crippen LogP) is 4.70. The van der Waals surface area contributed by atoms with Crippen LogP contribution in [0, 0.1) is 11.6 Å². The first kappa shape index (κ1) is 16.2. The Bertz CT molecular complexity index is 666. The molecule has 0 aliphatic rings. The van der Waals surface area contributed by atoms with E-state index in [2.05, 4.69) is 21.2 Å². The molecule has 2 rings (SSSR count). The van der Waals surface area contributed by atoms with Crippen molar-refractivity contribution < 1.29 is 13.5 Å². The highest BCUT2D eigenvalue weighted by atomic mass is 79.9. The van der Waals surface area contributed by atoms with Crippen LogP contribution in [0.15, 0.2) is 34.8 Å². The van der Waals surface area contributed by atoms with E-state index in [1.54, 1.807) is 19.2 Å². The smallest absolute Gasteiger partial charge is 0.138 e. The molecule has 0 amide bonds. The highest BCUT2D eigenvalue weighted by Gasteiger charge is 2.22. The van der Waals surface area contributed by atoms with Gasteiger partial charge < -0.3 is 10.1 Å². The van der Waals surface area contributed by atoms with Crippen molar-refractivity contribution in [1.29, 1.82) is 0 Å². The molecule has 0 bridgehead atoms. The highest BCUT2D eigenvalue weighted by Crippen LogP contribution is 2.38. The molecule has 6 heteroatoms. The summed E-state index contributed by atoms with van der Waals surface area (Å²) in [5, 5.41) is 3.49. The number of hydrogen-bond acceptors (Lipinski definition) is 2. The Morgan fingerprint density at radius 3 is 2.48 bits per heavy atom. The van der Waals surface area contributed by atoms with Crippen molar-refractivity contribution in [2.75, 3.05) is 14.2 Å². The molecule has 0 heterocycles. The largest absolute Gasteiger partial charge is 0.495 e. The molecule has 112 valence electrons. The molecule has 0 aliphatic heterocycles. The van der Waals surface area contributed by atoms with Crippen molar-refractivity contribution in [3.63, 3.8) is 0 Å². The average molecular weight is 377 g/mol. The second-order valence-electron chi connectivity index (χ2n) is 4.40. The van der Waals surface area contributed by atoms with Gasteiger partial charge in [-0.2, -0.15) is 0 Å². The van der Waals surface area contributed by atoms with Crippen LogP contribution in [0.2, 0.25) is 5.02 Å². The van der Waals surface area contributed by atoms with Gasteiger partial charge in [-0.05, 0) is 41.2 Å². The van der Waals surface area contributed by atoms with Crippen molar-refractivity contribution in [3.05, 3.63) is 62.6 Å². The molecule has 1 atom stereocenters. The number of hydrogen-bond donors (Lipinski definition) is 1. The monoisotopic (exact) mass is 375 g/mol. The van der Waals surface area contributed by atoms with E-state index in [1.807, 2.05) is 0 Å². The first-order valence-corrected chi connectivity index (χ1v) is 7.30. The van der Waals surface area contributed by atoms with Gasteiger partial charge in [0.2, 0.25) is 0 Å². The SMILES string of the molecule is CNC(c1ccc(F)cc1F)c1cc(Cl)cc(Br)c1OC. The molecule has 0 fully saturated rings. The Hall–Kier alpha value is -1.17. The molecule has 1 N–H and O–H groups in total. The van der Waals surface area contributed by atoms with E-state index in [9.17, 15) is 8.78 Å². The Morgan fingerprint density at radius 1 is 1.19 bits per heavy atom. The average Bonchev–Trinajstić information content (AvgIpc) is 2.41. The minimum atomic E-state index is -0.632. The highest BCUT2D eigenvalue weighted by molar-refractivity contribution is 9.10. The van der Waals surface area contributed by atoms with Crippen LogP contribution in [0.5, 0.6) is 5.75 Å². The zero-order chi connectivity index (χ0) is 15.6. The van der Waals surface area contributed by atoms with E-state index in [1.165, 1.54) is 19.2 Å². The second kappa shape index (κ2) is 6.73. The van der Waals surface area contributed by atoms with Crippen LogP contribution >= 0.6 is 27.5 Å². The molecular formula is C15H13BrClF2NO. The van der Waals surface area contributed by atoms with Crippen molar-refractivity contribution >= 4 is 27.5 Å². The fourth-order valence-corrected chi connectivity index (χ4v) is 3.22. The predicted molar refractivity (Wildman–Crippen MR) is 83.0 cm³/mol. The lowest BCUT2D eigenvalue weighted by molar-refractivity contribution is 0.402. The van der Waals surface area contributed by atoms with Crippen molar-refractivity contribution in [2.45, 2.75) is 6.04 Å². The third kappa shape index (κ3) is 3.36. The number of ether oxygens (including phenoxy) is 1. The first-order chi connectivity index (χ1) is 9.97. The van der Waals surface area contributed by atoms with Crippen LogP contribution in [0.4, 0.5) is 8.78 Å². The van der Waals surface area contributed by atoms with Gasteiger partial charge in [0.25, 0.3) is 0 Å². The van der Waals surface area contributed by atoms with E-state index in [0.717, 1.165) is 6.07 Å². The molecule has 2 aromatic carbocycles. The first-order valence-electron chi connectivity index (χ1n) is 6.13. The molecule has 2 aromatic rings. The zero-order valence-electron chi connectivity index (χ0n) is 11.4. The minimum absolute atomic E-state index is 0.311. The minimum Gasteiger partial charge on any atom is -0.495 e. The molecule has 0 aromatic heterocycles. The summed E-state index contributed by atoms with van der Waals surface area (Å²) in [5.74, 6) is -0.708. The summed E-state index contributed by atoms with van der Waals surface area (Å²) in [6.45, 7) is 0. The Kier molecular flexibility index (Phi) is 5.19. The summed E-state index contributed by atoms with van der Waals surface area (Å²) in [5.41, 5.74) is 0.969. The van der Waals surface area contributed by atoms with Crippen molar-refractivity contribution in [3.8, 4) is 5.75 Å². The fourth-order valence-electron chi connectivity index (χ4n) is 2.22. The van der Waals surface area contributed by atoms with Crippen LogP contribution in [0.25, 0.3) is 0 Å². The zero-order valence-corrected chi connectivity index (χ0v) is 13.7. The molecule has 0 saturated heterocycles. The standard InChI is InChI=1S/C15H13BrClF2NO/c1-20-14(10-4-3-9(18)7-13(10)19)11-5-8(17)6-12(16)15(11)21-2/h3-7,14,20H,1-2H3. The van der Waals surface area contributed by atoms with Crippen molar-refractivity contribution in [2.24, 2.45) is 0 Å². The summed E-state index contributed by atoms with van der Waals surface area (Å²) in [6, 6.07) is 6.34. The molecule has 0 saturated carbocycles. The Morgan fingerprint density at radius 2 is 1.90 bits per heavy atom. The third-order valence-electron chi connectivity index (χ3n) is 3.11. The van der Waals surface area contributed by atoms with E-state index in [-0.39, 0.29) is 0 Å². The summed E-state index contributed by atoms with van der Waals surface area (Å²) in [4.78, 5) is 0. The third-order valence-corrected chi connectivity index (χ3v) is 3.92. The summed E-state index contributed by atoms with van der Waals surface area (Å²) >= 11 is 9.43. The summed E-state index contributed by atoms with van der Waals surface area (Å²) < 4.78 is 33.1. The van der Waals surface area contributed by atoms with Gasteiger partial charge in [0.05, 0.1) is 17.6 Å². The van der Waals surface area contributed by atoms with Gasteiger partial charge in [-0.1, -0.05) is 17.7 Å². The van der Waals surface area contributed by atoms with Gasteiger partial charge in [0.1, 0.15) is 17.4 Å². The van der Waals surface area contributed by atoms with E-state index in [4.69, 9.17) is 16.3 Å². The summed E-state index contributed by atoms with van der Waals surface area (Å²) in [6.07, 6.45) is 0. The lowest BCUT2D eigenvalue weighted by Gasteiger charge is -2.21. The number of methoxy groups -OCH3 is 1. The summed E-state index contributed by atoms with van der Waals surface area (Å²) in [7, 11) is 3.20. The van der Waals surface area contributed by atoms with Crippen LogP contribution in [0.1, 0.15) is 17.2 Å². The van der Waals surface area contributed by atoms with Gasteiger partial charge in [0.15, 0.2) is 0 Å². The van der Waals surface area contributed by atoms with Crippen LogP contribution < -0.4 is 10.1 Å². The maximum Gasteiger partial charge on any atom is 0.138 e. The van der Waals surface area contributed by atoms with Gasteiger partial charge in [-0.25, -0.2) is 8.78 Å². The molecule has 2 nitrogen and oxygen atoms in total. The molecule has 0 spiro atoms. The van der Waals surface area contributed by atoms with Gasteiger partial charge >= 0.3 is 0 Å². The van der Waals surface area contributed by atoms with Gasteiger partial charge in [-0.15, -0.1) is 0 Å². The molecule has 0 radical (unpaired) electrons. The molecule has 1 unspecified atom stereocenters. The topological polar surface area (TPSA) is 21.3 Å². The fraction of sp³-hybridized carbons (Fsp3) is 0.200. The van der Waals surface area contributed by atoms with Gasteiger partial charge in [0, 0.05) is 22.2 Å². The van der Waals surface area contributed by atoms with Crippen molar-refractivity contribution in [1.82, 2.24) is 5.32 Å². The van der Waals surface area contributed by atoms with E-state index >= 15 is 0 Å². The Labute approximate surface area is 135 Å². The normalized spacial score (nSPS) is 12.3. The number of halogens is 4. The molecule has 21 heavy (non-hydrogen) atoms. The van der Waals surface area contributed by atoms with Crippen LogP contribution in [-0.2, 0) is 0 Å². The lowest BCUT2D eigenvalue weighted by atomic mass is 9.97. The maximum absolute atomic E-state index is 14.0. The molecule has 0 aliphatic carbocycles. The lowest BCUT2D eigenvalue weighted by Crippen LogP contribution is -2.20. The van der Waals surface area contributed by atoms with E-state index in [0.29, 0.717) is 26.4 Å². The van der Waals surface area contributed by atoms with Gasteiger partial charge in [-0.3, -0.25) is 0 Å². The van der Waals surface area contributed by atoms with E-state index < -0.39 is 17.7 Å². The number of benzene rings is 2.